The second kappa shape index (κ2) is 9.75. The minimum absolute atomic E-state index is 0.112. The van der Waals surface area contributed by atoms with Crippen LogP contribution in [0.2, 0.25) is 0 Å². The average molecular weight is 415 g/mol. The topological polar surface area (TPSA) is 71.2 Å². The monoisotopic (exact) mass is 414 g/mol. The molecule has 31 heavy (non-hydrogen) atoms. The molecule has 1 aliphatic rings. The van der Waals surface area contributed by atoms with E-state index in [4.69, 9.17) is 5.73 Å². The van der Waals surface area contributed by atoms with Gasteiger partial charge < -0.3 is 16.0 Å². The maximum atomic E-state index is 12.4. The molecular formula is C26H30N4O. The summed E-state index contributed by atoms with van der Waals surface area (Å²) in [6.45, 7) is 5.01. The SMILES string of the molecule is Cc1ccc(CC(=O)NC2CCN(CCc3ccc(-c4cccc(N)n4)cc3)C2)cc1. The van der Waals surface area contributed by atoms with E-state index in [0.717, 1.165) is 49.3 Å². The highest BCUT2D eigenvalue weighted by atomic mass is 16.1. The number of hydrogen-bond donors (Lipinski definition) is 2. The smallest absolute Gasteiger partial charge is 0.224 e. The standard InChI is InChI=1S/C26H30N4O/c1-19-5-7-21(8-6-19)17-26(31)28-23-14-16-30(18-23)15-13-20-9-11-22(12-10-20)24-3-2-4-25(27)29-24/h2-12,23H,13-18H2,1H3,(H2,27,29)(H,28,31). The molecule has 1 unspecified atom stereocenters. The highest BCUT2D eigenvalue weighted by molar-refractivity contribution is 5.78. The highest BCUT2D eigenvalue weighted by Crippen LogP contribution is 2.19. The normalized spacial score (nSPS) is 16.4. The molecule has 0 aliphatic carbocycles. The number of hydrogen-bond acceptors (Lipinski definition) is 4. The Morgan fingerprint density at radius 2 is 1.81 bits per heavy atom. The van der Waals surface area contributed by atoms with Crippen molar-refractivity contribution < 1.29 is 4.79 Å². The molecule has 3 N–H and O–H groups in total. The summed E-state index contributed by atoms with van der Waals surface area (Å²) >= 11 is 0. The summed E-state index contributed by atoms with van der Waals surface area (Å²) in [6.07, 6.45) is 2.46. The van der Waals surface area contributed by atoms with Gasteiger partial charge in [0.1, 0.15) is 5.82 Å². The maximum absolute atomic E-state index is 12.4. The van der Waals surface area contributed by atoms with Gasteiger partial charge in [0.15, 0.2) is 0 Å². The second-order valence-electron chi connectivity index (χ2n) is 8.41. The molecule has 1 aromatic heterocycles. The van der Waals surface area contributed by atoms with Crippen molar-refractivity contribution >= 4 is 11.7 Å². The van der Waals surface area contributed by atoms with Gasteiger partial charge in [-0.25, -0.2) is 4.98 Å². The summed E-state index contributed by atoms with van der Waals surface area (Å²) in [5, 5.41) is 3.20. The number of aryl methyl sites for hydroxylation is 1. The van der Waals surface area contributed by atoms with Crippen LogP contribution in [0.1, 0.15) is 23.1 Å². The summed E-state index contributed by atoms with van der Waals surface area (Å²) < 4.78 is 0. The lowest BCUT2D eigenvalue weighted by molar-refractivity contribution is -0.121. The number of carbonyl (C=O) groups is 1. The fraction of sp³-hybridized carbons (Fsp3) is 0.308. The predicted molar refractivity (Wildman–Crippen MR) is 126 cm³/mol. The van der Waals surface area contributed by atoms with Crippen molar-refractivity contribution in [1.82, 2.24) is 15.2 Å². The van der Waals surface area contributed by atoms with Crippen LogP contribution in [0.15, 0.2) is 66.7 Å². The van der Waals surface area contributed by atoms with Gasteiger partial charge in [0, 0.05) is 31.2 Å². The van der Waals surface area contributed by atoms with Crippen LogP contribution in [0, 0.1) is 6.92 Å². The van der Waals surface area contributed by atoms with E-state index in [1.54, 1.807) is 6.07 Å². The first-order valence-electron chi connectivity index (χ1n) is 10.9. The van der Waals surface area contributed by atoms with Crippen LogP contribution < -0.4 is 11.1 Å². The molecule has 5 heteroatoms. The third kappa shape index (κ3) is 5.92. The molecule has 1 aliphatic heterocycles. The number of nitrogens with two attached hydrogens (primary N) is 1. The molecule has 2 heterocycles. The lowest BCUT2D eigenvalue weighted by atomic mass is 10.1. The van der Waals surface area contributed by atoms with Crippen molar-refractivity contribution in [2.75, 3.05) is 25.4 Å². The van der Waals surface area contributed by atoms with Crippen molar-refractivity contribution in [2.24, 2.45) is 0 Å². The van der Waals surface area contributed by atoms with Gasteiger partial charge in [-0.1, -0.05) is 60.2 Å². The first kappa shape index (κ1) is 21.1. The third-order valence-corrected chi connectivity index (χ3v) is 5.86. The Morgan fingerprint density at radius 3 is 2.55 bits per heavy atom. The summed E-state index contributed by atoms with van der Waals surface area (Å²) in [5.41, 5.74) is 11.3. The van der Waals surface area contributed by atoms with Crippen LogP contribution in [-0.2, 0) is 17.6 Å². The van der Waals surface area contributed by atoms with Crippen LogP contribution in [0.25, 0.3) is 11.3 Å². The summed E-state index contributed by atoms with van der Waals surface area (Å²) in [6, 6.07) is 22.7. The van der Waals surface area contributed by atoms with Gasteiger partial charge in [-0.15, -0.1) is 0 Å². The molecule has 0 radical (unpaired) electrons. The number of carbonyl (C=O) groups excluding carboxylic acids is 1. The molecule has 0 saturated carbocycles. The molecular weight excluding hydrogens is 384 g/mol. The number of likely N-dealkylation sites (tertiary alicyclic amines) is 1. The number of amides is 1. The molecule has 1 atom stereocenters. The number of nitrogens with one attached hydrogen (secondary N) is 1. The van der Waals surface area contributed by atoms with E-state index >= 15 is 0 Å². The van der Waals surface area contributed by atoms with E-state index < -0.39 is 0 Å². The number of anilines is 1. The first-order valence-corrected chi connectivity index (χ1v) is 10.9. The zero-order valence-electron chi connectivity index (χ0n) is 18.1. The van der Waals surface area contributed by atoms with Crippen molar-refractivity contribution in [3.05, 3.63) is 83.4 Å². The number of nitrogen functional groups attached to an aromatic ring is 1. The van der Waals surface area contributed by atoms with Gasteiger partial charge >= 0.3 is 0 Å². The fourth-order valence-electron chi connectivity index (χ4n) is 4.07. The molecule has 160 valence electrons. The highest BCUT2D eigenvalue weighted by Gasteiger charge is 2.23. The van der Waals surface area contributed by atoms with Gasteiger partial charge in [0.2, 0.25) is 5.91 Å². The van der Waals surface area contributed by atoms with E-state index in [-0.39, 0.29) is 11.9 Å². The molecule has 1 amide bonds. The Labute approximate surface area is 184 Å². The van der Waals surface area contributed by atoms with Gasteiger partial charge in [0.25, 0.3) is 0 Å². The zero-order valence-corrected chi connectivity index (χ0v) is 18.1. The Balaban J connectivity index is 1.22. The Hall–Kier alpha value is -3.18. The van der Waals surface area contributed by atoms with Crippen LogP contribution in [0.5, 0.6) is 0 Å². The molecule has 3 aromatic rings. The van der Waals surface area contributed by atoms with E-state index in [1.165, 1.54) is 11.1 Å². The lowest BCUT2D eigenvalue weighted by Crippen LogP contribution is -2.38. The molecule has 1 fully saturated rings. The molecule has 0 bridgehead atoms. The average Bonchev–Trinajstić information content (AvgIpc) is 3.21. The number of aromatic nitrogens is 1. The van der Waals surface area contributed by atoms with E-state index in [0.29, 0.717) is 12.2 Å². The third-order valence-electron chi connectivity index (χ3n) is 5.86. The van der Waals surface area contributed by atoms with Crippen molar-refractivity contribution in [2.45, 2.75) is 32.2 Å². The minimum Gasteiger partial charge on any atom is -0.384 e. The molecule has 4 rings (SSSR count). The lowest BCUT2D eigenvalue weighted by Gasteiger charge is -2.17. The van der Waals surface area contributed by atoms with Crippen LogP contribution in [-0.4, -0.2) is 41.5 Å². The van der Waals surface area contributed by atoms with Gasteiger partial charge in [-0.3, -0.25) is 4.79 Å². The van der Waals surface area contributed by atoms with E-state index in [2.05, 4.69) is 58.5 Å². The number of rotatable bonds is 7. The quantitative estimate of drug-likeness (QED) is 0.620. The molecule has 1 saturated heterocycles. The predicted octanol–water partition coefficient (Wildman–Crippen LogP) is 3.61. The Kier molecular flexibility index (Phi) is 6.63. The van der Waals surface area contributed by atoms with Crippen LogP contribution in [0.3, 0.4) is 0 Å². The Bertz CT molecular complexity index is 1010. The fourth-order valence-corrected chi connectivity index (χ4v) is 4.07. The van der Waals surface area contributed by atoms with Gasteiger partial charge in [-0.2, -0.15) is 0 Å². The number of benzene rings is 2. The Morgan fingerprint density at radius 1 is 1.06 bits per heavy atom. The first-order chi connectivity index (χ1) is 15.0. The summed E-state index contributed by atoms with van der Waals surface area (Å²) in [5.74, 6) is 0.651. The summed E-state index contributed by atoms with van der Waals surface area (Å²) in [7, 11) is 0. The van der Waals surface area contributed by atoms with Crippen LogP contribution in [0.4, 0.5) is 5.82 Å². The summed E-state index contributed by atoms with van der Waals surface area (Å²) in [4.78, 5) is 19.2. The van der Waals surface area contributed by atoms with E-state index in [1.807, 2.05) is 24.3 Å². The van der Waals surface area contributed by atoms with Gasteiger partial charge in [-0.05, 0) is 43.0 Å². The zero-order chi connectivity index (χ0) is 21.6. The maximum Gasteiger partial charge on any atom is 0.224 e. The van der Waals surface area contributed by atoms with E-state index in [9.17, 15) is 4.79 Å². The largest absolute Gasteiger partial charge is 0.384 e. The molecule has 0 spiro atoms. The van der Waals surface area contributed by atoms with Gasteiger partial charge in [0.05, 0.1) is 12.1 Å². The van der Waals surface area contributed by atoms with Crippen molar-refractivity contribution in [3.8, 4) is 11.3 Å². The number of pyridine rings is 1. The van der Waals surface area contributed by atoms with Crippen molar-refractivity contribution in [3.63, 3.8) is 0 Å². The van der Waals surface area contributed by atoms with Crippen LogP contribution >= 0.6 is 0 Å². The minimum atomic E-state index is 0.112. The second-order valence-corrected chi connectivity index (χ2v) is 8.41. The van der Waals surface area contributed by atoms with Crippen molar-refractivity contribution in [1.29, 1.82) is 0 Å². The number of nitrogens with zero attached hydrogens (tertiary/aromatic N) is 2. The molecule has 5 nitrogen and oxygen atoms in total. The molecule has 2 aromatic carbocycles.